The van der Waals surface area contributed by atoms with Gasteiger partial charge in [0.05, 0.1) is 0 Å². The first-order chi connectivity index (χ1) is 8.22. The summed E-state index contributed by atoms with van der Waals surface area (Å²) in [7, 11) is 0. The van der Waals surface area contributed by atoms with Gasteiger partial charge < -0.3 is 4.74 Å². The maximum Gasteiger partial charge on any atom is 0.527 e. The van der Waals surface area contributed by atoms with E-state index in [4.69, 9.17) is 0 Å². The summed E-state index contributed by atoms with van der Waals surface area (Å²) in [5.41, 5.74) is 0. The molecule has 0 spiro atoms. The predicted octanol–water partition coefficient (Wildman–Crippen LogP) is 3.35. The van der Waals surface area contributed by atoms with Gasteiger partial charge in [-0.15, -0.1) is 13.2 Å². The van der Waals surface area contributed by atoms with Crippen molar-refractivity contribution in [1.29, 1.82) is 0 Å². The molecule has 0 bridgehead atoms. The number of rotatable bonds is 7. The van der Waals surface area contributed by atoms with Crippen LogP contribution in [0.15, 0.2) is 0 Å². The summed E-state index contributed by atoms with van der Waals surface area (Å²) in [5.74, 6) is 0. The zero-order valence-electron chi connectivity index (χ0n) is 9.04. The van der Waals surface area contributed by atoms with Crippen LogP contribution in [0.2, 0.25) is 0 Å². The topological polar surface area (TPSA) is 27.7 Å². The number of ether oxygens (including phenoxy) is 3. The molecular weight excluding hydrogens is 303 g/mol. The molecule has 0 rings (SSSR count). The van der Waals surface area contributed by atoms with E-state index >= 15 is 0 Å². The summed E-state index contributed by atoms with van der Waals surface area (Å²) in [6.07, 6.45) is -23.7. The van der Waals surface area contributed by atoms with Crippen molar-refractivity contribution in [3.05, 3.63) is 0 Å². The van der Waals surface area contributed by atoms with Gasteiger partial charge in [0.15, 0.2) is 0 Å². The minimum atomic E-state index is -6.33. The molecular formula is C7H7F9O3. The van der Waals surface area contributed by atoms with Gasteiger partial charge in [0.25, 0.3) is 0 Å². The van der Waals surface area contributed by atoms with Crippen molar-refractivity contribution in [1.82, 2.24) is 0 Å². The minimum absolute atomic E-state index is 0.389. The van der Waals surface area contributed by atoms with Crippen molar-refractivity contribution < 1.29 is 53.7 Å². The van der Waals surface area contributed by atoms with Gasteiger partial charge in [0.1, 0.15) is 6.61 Å². The van der Waals surface area contributed by atoms with Gasteiger partial charge >= 0.3 is 24.7 Å². The number of hydrogen-bond acceptors (Lipinski definition) is 3. The van der Waals surface area contributed by atoms with Gasteiger partial charge in [-0.3, -0.25) is 0 Å². The third-order valence-corrected chi connectivity index (χ3v) is 1.33. The Morgan fingerprint density at radius 1 is 0.737 bits per heavy atom. The Kier molecular flexibility index (Phi) is 5.48. The first kappa shape index (κ1) is 18.2. The summed E-state index contributed by atoms with van der Waals surface area (Å²) in [6.45, 7) is -1.06. The molecule has 0 aliphatic rings. The van der Waals surface area contributed by atoms with Crippen LogP contribution < -0.4 is 0 Å². The predicted molar refractivity (Wildman–Crippen MR) is 39.6 cm³/mol. The fraction of sp³-hybridized carbons (Fsp3) is 1.00. The zero-order valence-corrected chi connectivity index (χ0v) is 9.04. The van der Waals surface area contributed by atoms with Gasteiger partial charge in [-0.1, -0.05) is 0 Å². The fourth-order valence-electron chi connectivity index (χ4n) is 0.702. The Hall–Kier alpha value is -0.750. The first-order valence-electron chi connectivity index (χ1n) is 4.41. The Balaban J connectivity index is 4.85. The number of hydrogen-bond donors (Lipinski definition) is 0. The van der Waals surface area contributed by atoms with E-state index in [9.17, 15) is 39.5 Å². The summed E-state index contributed by atoms with van der Waals surface area (Å²) < 4.78 is 117. The van der Waals surface area contributed by atoms with Crippen molar-refractivity contribution in [2.75, 3.05) is 13.2 Å². The highest BCUT2D eigenvalue weighted by atomic mass is 19.4. The number of alkyl halides is 9. The molecule has 0 fully saturated rings. The van der Waals surface area contributed by atoms with Crippen molar-refractivity contribution >= 4 is 0 Å². The van der Waals surface area contributed by atoms with Crippen LogP contribution in [0.3, 0.4) is 0 Å². The van der Waals surface area contributed by atoms with E-state index in [2.05, 4.69) is 9.47 Å². The van der Waals surface area contributed by atoms with Gasteiger partial charge in [-0.2, -0.15) is 26.3 Å². The lowest BCUT2D eigenvalue weighted by molar-refractivity contribution is -0.530. The lowest BCUT2D eigenvalue weighted by Gasteiger charge is -2.29. The molecule has 0 aromatic heterocycles. The Labute approximate surface area is 99.8 Å². The second kappa shape index (κ2) is 5.71. The van der Waals surface area contributed by atoms with E-state index in [-0.39, 0.29) is 6.61 Å². The van der Waals surface area contributed by atoms with Crippen molar-refractivity contribution in [3.8, 4) is 0 Å². The molecule has 0 N–H and O–H groups in total. The smallest absolute Gasteiger partial charge is 0.373 e. The second-order valence-corrected chi connectivity index (χ2v) is 2.96. The summed E-state index contributed by atoms with van der Waals surface area (Å²) in [6, 6.07) is 0. The zero-order chi connectivity index (χ0) is 15.5. The Morgan fingerprint density at radius 3 is 1.53 bits per heavy atom. The average Bonchev–Trinajstić information content (AvgIpc) is 2.08. The lowest BCUT2D eigenvalue weighted by Crippen LogP contribution is -2.51. The molecule has 0 unspecified atom stereocenters. The van der Waals surface area contributed by atoms with E-state index in [0.717, 1.165) is 0 Å². The number of halogens is 9. The van der Waals surface area contributed by atoms with E-state index < -0.39 is 31.3 Å². The minimum Gasteiger partial charge on any atom is -0.373 e. The first-order valence-corrected chi connectivity index (χ1v) is 4.41. The third kappa shape index (κ3) is 6.29. The van der Waals surface area contributed by atoms with Crippen LogP contribution in [0.4, 0.5) is 39.5 Å². The highest BCUT2D eigenvalue weighted by molar-refractivity contribution is 4.70. The highest BCUT2D eigenvalue weighted by Crippen LogP contribution is 2.43. The monoisotopic (exact) mass is 310 g/mol. The Morgan fingerprint density at radius 2 is 1.16 bits per heavy atom. The van der Waals surface area contributed by atoms with Crippen LogP contribution in [0.5, 0.6) is 0 Å². The van der Waals surface area contributed by atoms with E-state index in [1.54, 1.807) is 4.74 Å². The molecule has 0 aromatic rings. The fourth-order valence-corrected chi connectivity index (χ4v) is 0.702. The van der Waals surface area contributed by atoms with Gasteiger partial charge in [0.2, 0.25) is 0 Å². The van der Waals surface area contributed by atoms with Gasteiger partial charge in [-0.05, 0) is 6.92 Å². The maximum atomic E-state index is 12.6. The van der Waals surface area contributed by atoms with Crippen LogP contribution in [0, 0.1) is 0 Å². The van der Waals surface area contributed by atoms with E-state index in [1.807, 2.05) is 0 Å². The van der Waals surface area contributed by atoms with Crippen molar-refractivity contribution in [3.63, 3.8) is 0 Å². The van der Waals surface area contributed by atoms with Crippen LogP contribution in [0.25, 0.3) is 0 Å². The van der Waals surface area contributed by atoms with Crippen LogP contribution in [-0.2, 0) is 14.2 Å². The molecule has 0 saturated heterocycles. The molecule has 19 heavy (non-hydrogen) atoms. The molecule has 0 radical (unpaired) electrons. The molecule has 0 aliphatic heterocycles. The van der Waals surface area contributed by atoms with Gasteiger partial charge in [-0.25, -0.2) is 9.47 Å². The average molecular weight is 310 g/mol. The van der Waals surface area contributed by atoms with Crippen LogP contribution in [0.1, 0.15) is 6.92 Å². The molecule has 0 amide bonds. The molecule has 0 aliphatic carbocycles. The van der Waals surface area contributed by atoms with Crippen molar-refractivity contribution in [2.45, 2.75) is 31.6 Å². The van der Waals surface area contributed by atoms with Crippen LogP contribution >= 0.6 is 0 Å². The van der Waals surface area contributed by atoms with Crippen LogP contribution in [-0.4, -0.2) is 37.9 Å². The molecule has 0 saturated carbocycles. The Bertz CT molecular complexity index is 288. The van der Waals surface area contributed by atoms with Gasteiger partial charge in [0, 0.05) is 6.61 Å². The third-order valence-electron chi connectivity index (χ3n) is 1.33. The summed E-state index contributed by atoms with van der Waals surface area (Å²) in [5, 5.41) is 0. The molecule has 12 heteroatoms. The molecule has 0 aromatic carbocycles. The molecule has 0 atom stereocenters. The van der Waals surface area contributed by atoms with E-state index in [1.165, 1.54) is 6.92 Å². The largest absolute Gasteiger partial charge is 0.527 e. The summed E-state index contributed by atoms with van der Waals surface area (Å²) in [4.78, 5) is 0. The normalized spacial score (nSPS) is 14.8. The molecule has 116 valence electrons. The van der Waals surface area contributed by atoms with Crippen molar-refractivity contribution in [2.24, 2.45) is 0 Å². The highest BCUT2D eigenvalue weighted by Gasteiger charge is 2.67. The summed E-state index contributed by atoms with van der Waals surface area (Å²) >= 11 is 0. The van der Waals surface area contributed by atoms with E-state index in [0.29, 0.717) is 0 Å². The quantitative estimate of drug-likeness (QED) is 0.675. The molecule has 3 nitrogen and oxygen atoms in total. The molecule has 0 heterocycles. The second-order valence-electron chi connectivity index (χ2n) is 2.96. The standard InChI is InChI=1S/C7H7F9O3/c1-2-17-3-4(8,9)18-5(10,11)6(12,13)19-7(14,15)16/h2-3H2,1H3. The maximum absolute atomic E-state index is 12.6. The SMILES string of the molecule is CCOCC(F)(F)OC(F)(F)C(F)(F)OC(F)(F)F. The lowest BCUT2D eigenvalue weighted by atomic mass is 10.5.